The largest absolute Gasteiger partial charge is 0.481 e. The predicted octanol–water partition coefficient (Wildman–Crippen LogP) is 4.43. The van der Waals surface area contributed by atoms with E-state index in [1.807, 2.05) is 0 Å². The number of halogens is 1. The summed E-state index contributed by atoms with van der Waals surface area (Å²) in [6.07, 6.45) is 6.81. The van der Waals surface area contributed by atoms with Crippen LogP contribution in [0.1, 0.15) is 52.9 Å². The number of hydrogen-bond acceptors (Lipinski definition) is 6. The second-order valence-electron chi connectivity index (χ2n) is 7.31. The minimum atomic E-state index is -0.933. The van der Waals surface area contributed by atoms with Gasteiger partial charge in [-0.3, -0.25) is 19.7 Å². The summed E-state index contributed by atoms with van der Waals surface area (Å²) >= 11 is 8.47. The quantitative estimate of drug-likeness (QED) is 0.620. The van der Waals surface area contributed by atoms with Crippen molar-refractivity contribution in [2.24, 2.45) is 11.8 Å². The molecule has 154 valence electrons. The molecule has 2 heterocycles. The number of hydrogen-bond donors (Lipinski definition) is 3. The minimum absolute atomic E-state index is 0.316. The van der Waals surface area contributed by atoms with Crippen molar-refractivity contribution in [2.45, 2.75) is 44.9 Å². The Bertz CT molecular complexity index is 971. The lowest BCUT2D eigenvalue weighted by molar-refractivity contribution is -0.147. The van der Waals surface area contributed by atoms with E-state index < -0.39 is 17.8 Å². The lowest BCUT2D eigenvalue weighted by atomic mass is 9.79. The molecular formula is C19H20ClN3O4S2. The number of aromatic nitrogens is 1. The number of aliphatic carboxylic acids is 1. The van der Waals surface area contributed by atoms with E-state index in [9.17, 15) is 19.5 Å². The van der Waals surface area contributed by atoms with E-state index in [1.165, 1.54) is 28.9 Å². The zero-order valence-corrected chi connectivity index (χ0v) is 17.9. The molecule has 0 spiro atoms. The molecule has 2 atom stereocenters. The van der Waals surface area contributed by atoms with Crippen LogP contribution in [0.4, 0.5) is 10.1 Å². The Balaban J connectivity index is 1.58. The van der Waals surface area contributed by atoms with E-state index >= 15 is 0 Å². The van der Waals surface area contributed by atoms with Crippen molar-refractivity contribution in [3.8, 4) is 0 Å². The molecule has 1 saturated carbocycles. The highest BCUT2D eigenvalue weighted by molar-refractivity contribution is 7.19. The number of nitrogens with one attached hydrogen (secondary N) is 2. The second kappa shape index (κ2) is 8.41. The zero-order chi connectivity index (χ0) is 20.5. The average Bonchev–Trinajstić information content (AvgIpc) is 3.37. The molecule has 0 radical (unpaired) electrons. The maximum Gasteiger partial charge on any atom is 0.307 e. The van der Waals surface area contributed by atoms with E-state index in [1.54, 1.807) is 0 Å². The number of nitrogens with zero attached hydrogens (tertiary/aromatic N) is 1. The van der Waals surface area contributed by atoms with Gasteiger partial charge in [-0.1, -0.05) is 35.8 Å². The first-order valence-electron chi connectivity index (χ1n) is 9.55. The number of carboxylic acid groups (broad SMARTS) is 1. The molecule has 2 aliphatic carbocycles. The first kappa shape index (κ1) is 20.3. The van der Waals surface area contributed by atoms with Crippen LogP contribution in [0.3, 0.4) is 0 Å². The molecule has 0 bridgehead atoms. The molecule has 2 aromatic heterocycles. The van der Waals surface area contributed by atoms with Gasteiger partial charge in [-0.05, 0) is 37.7 Å². The van der Waals surface area contributed by atoms with Crippen LogP contribution in [0.15, 0.2) is 6.20 Å². The topological polar surface area (TPSA) is 108 Å². The summed E-state index contributed by atoms with van der Waals surface area (Å²) in [4.78, 5) is 42.6. The number of carbonyl (C=O) groups is 3. The lowest BCUT2D eigenvalue weighted by Crippen LogP contribution is -2.36. The molecule has 0 aromatic carbocycles. The molecule has 4 rings (SSSR count). The van der Waals surface area contributed by atoms with E-state index in [0.29, 0.717) is 32.9 Å². The van der Waals surface area contributed by atoms with Gasteiger partial charge in [0.2, 0.25) is 5.91 Å². The minimum Gasteiger partial charge on any atom is -0.481 e. The Labute approximate surface area is 180 Å². The Morgan fingerprint density at radius 2 is 1.83 bits per heavy atom. The SMILES string of the molecule is O=C(Nc1ncc(Cl)s1)c1c(NC(=O)C2CCCCC2C(=O)O)sc2c1CCC2. The van der Waals surface area contributed by atoms with Gasteiger partial charge in [0.1, 0.15) is 9.34 Å². The molecule has 3 N–H and O–H groups in total. The van der Waals surface area contributed by atoms with Gasteiger partial charge in [0.05, 0.1) is 23.6 Å². The summed E-state index contributed by atoms with van der Waals surface area (Å²) in [6.45, 7) is 0. The van der Waals surface area contributed by atoms with Crippen LogP contribution < -0.4 is 10.6 Å². The van der Waals surface area contributed by atoms with Crippen LogP contribution in [-0.2, 0) is 22.4 Å². The van der Waals surface area contributed by atoms with Crippen LogP contribution in [0, 0.1) is 11.8 Å². The number of carboxylic acids is 1. The van der Waals surface area contributed by atoms with Crippen LogP contribution in [0.25, 0.3) is 0 Å². The number of fused-ring (bicyclic) bond motifs is 1. The zero-order valence-electron chi connectivity index (χ0n) is 15.5. The van der Waals surface area contributed by atoms with E-state index in [2.05, 4.69) is 15.6 Å². The summed E-state index contributed by atoms with van der Waals surface area (Å²) in [7, 11) is 0. The Morgan fingerprint density at radius 3 is 2.52 bits per heavy atom. The normalized spacial score (nSPS) is 20.9. The summed E-state index contributed by atoms with van der Waals surface area (Å²) in [5, 5.41) is 16.0. The lowest BCUT2D eigenvalue weighted by Gasteiger charge is -2.27. The molecule has 2 unspecified atom stereocenters. The average molecular weight is 454 g/mol. The number of rotatable bonds is 5. The van der Waals surface area contributed by atoms with E-state index in [-0.39, 0.29) is 11.8 Å². The molecule has 29 heavy (non-hydrogen) atoms. The van der Waals surface area contributed by atoms with Gasteiger partial charge in [-0.2, -0.15) is 0 Å². The first-order chi connectivity index (χ1) is 13.9. The predicted molar refractivity (Wildman–Crippen MR) is 113 cm³/mol. The van der Waals surface area contributed by atoms with Gasteiger partial charge in [-0.15, -0.1) is 11.3 Å². The van der Waals surface area contributed by atoms with Gasteiger partial charge < -0.3 is 10.4 Å². The number of carbonyl (C=O) groups excluding carboxylic acids is 2. The van der Waals surface area contributed by atoms with Gasteiger partial charge in [-0.25, -0.2) is 4.98 Å². The molecule has 10 heteroatoms. The Kier molecular flexibility index (Phi) is 5.89. The van der Waals surface area contributed by atoms with Crippen molar-refractivity contribution < 1.29 is 19.5 Å². The first-order valence-corrected chi connectivity index (χ1v) is 11.6. The number of anilines is 2. The maximum atomic E-state index is 13.0. The molecule has 0 aliphatic heterocycles. The highest BCUT2D eigenvalue weighted by Crippen LogP contribution is 2.41. The van der Waals surface area contributed by atoms with Crippen molar-refractivity contribution in [1.82, 2.24) is 4.98 Å². The van der Waals surface area contributed by atoms with Crippen LogP contribution >= 0.6 is 34.3 Å². The van der Waals surface area contributed by atoms with Crippen LogP contribution in [-0.4, -0.2) is 27.9 Å². The molecule has 2 aliphatic rings. The molecule has 1 fully saturated rings. The third-order valence-corrected chi connectivity index (χ3v) is 7.74. The van der Waals surface area contributed by atoms with Crippen LogP contribution in [0.2, 0.25) is 4.34 Å². The number of amides is 2. The third kappa shape index (κ3) is 4.17. The second-order valence-corrected chi connectivity index (χ2v) is 10.1. The van der Waals surface area contributed by atoms with Gasteiger partial charge in [0, 0.05) is 4.88 Å². The molecule has 7 nitrogen and oxygen atoms in total. The molecule has 2 aromatic rings. The third-order valence-electron chi connectivity index (χ3n) is 5.50. The monoisotopic (exact) mass is 453 g/mol. The summed E-state index contributed by atoms with van der Waals surface area (Å²) < 4.78 is 0.474. The molecular weight excluding hydrogens is 434 g/mol. The standard InChI is InChI=1S/C19H20ClN3O4S2/c20-13-8-21-19(29-13)23-16(25)14-11-6-3-7-12(11)28-17(14)22-15(24)9-4-1-2-5-10(9)18(26)27/h8-10H,1-7H2,(H,22,24)(H,26,27)(H,21,23,25). The van der Waals surface area contributed by atoms with Crippen molar-refractivity contribution in [2.75, 3.05) is 10.6 Å². The van der Waals surface area contributed by atoms with Crippen molar-refractivity contribution in [3.63, 3.8) is 0 Å². The Morgan fingerprint density at radius 1 is 1.07 bits per heavy atom. The fourth-order valence-electron chi connectivity index (χ4n) is 4.15. The fraction of sp³-hybridized carbons (Fsp3) is 0.474. The number of thiazole rings is 1. The molecule has 0 saturated heterocycles. The highest BCUT2D eigenvalue weighted by Gasteiger charge is 2.37. The van der Waals surface area contributed by atoms with Crippen molar-refractivity contribution >= 4 is 62.2 Å². The van der Waals surface area contributed by atoms with Gasteiger partial charge >= 0.3 is 5.97 Å². The number of thiophene rings is 1. The van der Waals surface area contributed by atoms with Crippen molar-refractivity contribution in [1.29, 1.82) is 0 Å². The van der Waals surface area contributed by atoms with E-state index in [0.717, 1.165) is 42.5 Å². The van der Waals surface area contributed by atoms with Gasteiger partial charge in [0.15, 0.2) is 5.13 Å². The summed E-state index contributed by atoms with van der Waals surface area (Å²) in [5.74, 6) is -2.83. The van der Waals surface area contributed by atoms with Crippen molar-refractivity contribution in [3.05, 3.63) is 26.5 Å². The smallest absolute Gasteiger partial charge is 0.307 e. The molecule has 2 amide bonds. The summed E-state index contributed by atoms with van der Waals surface area (Å²) in [5.41, 5.74) is 1.42. The highest BCUT2D eigenvalue weighted by atomic mass is 35.5. The summed E-state index contributed by atoms with van der Waals surface area (Å²) in [6, 6.07) is 0. The maximum absolute atomic E-state index is 13.0. The van der Waals surface area contributed by atoms with Gasteiger partial charge in [0.25, 0.3) is 5.91 Å². The Hall–Kier alpha value is -1.97. The fourth-order valence-corrected chi connectivity index (χ4v) is 6.25. The number of aryl methyl sites for hydroxylation is 1. The van der Waals surface area contributed by atoms with E-state index in [4.69, 9.17) is 11.6 Å². The van der Waals surface area contributed by atoms with Crippen LogP contribution in [0.5, 0.6) is 0 Å².